The SMILES string of the molecule is O=C(C1CCC(c2nnn3cnc4[nH]ccc4c23)CC1)N1CC[C@H](F)C1. The fourth-order valence-corrected chi connectivity index (χ4v) is 4.48. The average Bonchev–Trinajstić information content (AvgIpc) is 3.39. The van der Waals surface area contributed by atoms with E-state index in [0.29, 0.717) is 18.9 Å². The Balaban J connectivity index is 1.35. The first-order chi connectivity index (χ1) is 12.7. The van der Waals surface area contributed by atoms with Crippen molar-refractivity contribution in [3.05, 3.63) is 24.3 Å². The Morgan fingerprint density at radius 2 is 2.08 bits per heavy atom. The van der Waals surface area contributed by atoms with Gasteiger partial charge in [-0.3, -0.25) is 4.79 Å². The Morgan fingerprint density at radius 1 is 1.23 bits per heavy atom. The van der Waals surface area contributed by atoms with Crippen molar-refractivity contribution < 1.29 is 9.18 Å². The largest absolute Gasteiger partial charge is 0.346 e. The van der Waals surface area contributed by atoms with Crippen LogP contribution in [0.1, 0.15) is 43.7 Å². The molecule has 2 fully saturated rings. The highest BCUT2D eigenvalue weighted by Gasteiger charge is 2.34. The molecule has 2 aliphatic rings. The van der Waals surface area contributed by atoms with Gasteiger partial charge in [-0.25, -0.2) is 13.9 Å². The van der Waals surface area contributed by atoms with E-state index in [0.717, 1.165) is 47.9 Å². The van der Waals surface area contributed by atoms with Crippen LogP contribution in [-0.4, -0.2) is 54.9 Å². The van der Waals surface area contributed by atoms with Gasteiger partial charge in [-0.15, -0.1) is 5.10 Å². The maximum atomic E-state index is 13.4. The van der Waals surface area contributed by atoms with Gasteiger partial charge >= 0.3 is 0 Å². The minimum Gasteiger partial charge on any atom is -0.346 e. The molecule has 1 atom stereocenters. The summed E-state index contributed by atoms with van der Waals surface area (Å²) in [5, 5.41) is 9.67. The highest BCUT2D eigenvalue weighted by Crippen LogP contribution is 2.38. The molecule has 7 nitrogen and oxygen atoms in total. The predicted molar refractivity (Wildman–Crippen MR) is 93.4 cm³/mol. The minimum absolute atomic E-state index is 0.0207. The molecule has 3 aromatic rings. The summed E-state index contributed by atoms with van der Waals surface area (Å²) >= 11 is 0. The van der Waals surface area contributed by atoms with Crippen molar-refractivity contribution in [1.82, 2.24) is 29.7 Å². The molecule has 0 unspecified atom stereocenters. The summed E-state index contributed by atoms with van der Waals surface area (Å²) in [6, 6.07) is 2.00. The number of halogens is 1. The summed E-state index contributed by atoms with van der Waals surface area (Å²) in [5.74, 6) is 0.450. The molecule has 0 aromatic carbocycles. The van der Waals surface area contributed by atoms with E-state index in [1.54, 1.807) is 15.7 Å². The Hall–Kier alpha value is -2.51. The molecule has 3 aromatic heterocycles. The van der Waals surface area contributed by atoms with Crippen LogP contribution in [0.5, 0.6) is 0 Å². The van der Waals surface area contributed by atoms with E-state index in [2.05, 4.69) is 20.3 Å². The van der Waals surface area contributed by atoms with Gasteiger partial charge in [-0.2, -0.15) is 0 Å². The van der Waals surface area contributed by atoms with Crippen molar-refractivity contribution in [1.29, 1.82) is 0 Å². The normalized spacial score (nSPS) is 26.8. The Kier molecular flexibility index (Phi) is 3.65. The third kappa shape index (κ3) is 2.47. The van der Waals surface area contributed by atoms with Crippen molar-refractivity contribution >= 4 is 22.5 Å². The fourth-order valence-electron chi connectivity index (χ4n) is 4.48. The molecule has 0 radical (unpaired) electrons. The van der Waals surface area contributed by atoms with Gasteiger partial charge in [0.05, 0.1) is 12.2 Å². The quantitative estimate of drug-likeness (QED) is 0.765. The number of nitrogens with one attached hydrogen (secondary N) is 1. The van der Waals surface area contributed by atoms with Crippen LogP contribution in [0, 0.1) is 5.92 Å². The van der Waals surface area contributed by atoms with Crippen LogP contribution in [-0.2, 0) is 4.79 Å². The van der Waals surface area contributed by atoms with E-state index in [1.165, 1.54) is 0 Å². The maximum absolute atomic E-state index is 13.4. The number of likely N-dealkylation sites (tertiary alicyclic amines) is 1. The lowest BCUT2D eigenvalue weighted by Gasteiger charge is -2.29. The Morgan fingerprint density at radius 3 is 2.85 bits per heavy atom. The van der Waals surface area contributed by atoms with Crippen molar-refractivity contribution in [3.8, 4) is 0 Å². The van der Waals surface area contributed by atoms with Crippen LogP contribution in [0.15, 0.2) is 18.6 Å². The molecule has 1 N–H and O–H groups in total. The van der Waals surface area contributed by atoms with Gasteiger partial charge in [0.25, 0.3) is 0 Å². The lowest BCUT2D eigenvalue weighted by molar-refractivity contribution is -0.135. The van der Waals surface area contributed by atoms with E-state index in [4.69, 9.17) is 0 Å². The molecule has 1 saturated heterocycles. The second kappa shape index (κ2) is 6.03. The van der Waals surface area contributed by atoms with Gasteiger partial charge in [0, 0.05) is 30.0 Å². The fraction of sp³-hybridized carbons (Fsp3) is 0.556. The number of carbonyl (C=O) groups excluding carboxylic acids is 1. The summed E-state index contributed by atoms with van der Waals surface area (Å²) in [7, 11) is 0. The highest BCUT2D eigenvalue weighted by molar-refractivity contribution is 5.92. The predicted octanol–water partition coefficient (Wildman–Crippen LogP) is 2.45. The van der Waals surface area contributed by atoms with Gasteiger partial charge in [0.1, 0.15) is 23.7 Å². The minimum atomic E-state index is -0.851. The van der Waals surface area contributed by atoms with E-state index in [9.17, 15) is 9.18 Å². The molecule has 0 spiro atoms. The number of H-pyrrole nitrogens is 1. The lowest BCUT2D eigenvalue weighted by atomic mass is 9.79. The highest BCUT2D eigenvalue weighted by atomic mass is 19.1. The Bertz CT molecular complexity index is 957. The maximum Gasteiger partial charge on any atom is 0.225 e. The zero-order valence-corrected chi connectivity index (χ0v) is 14.4. The van der Waals surface area contributed by atoms with E-state index in [1.807, 2.05) is 12.3 Å². The molecular formula is C18H21FN6O. The molecule has 1 saturated carbocycles. The van der Waals surface area contributed by atoms with Crippen molar-refractivity contribution in [2.45, 2.75) is 44.2 Å². The van der Waals surface area contributed by atoms with Crippen LogP contribution in [0.4, 0.5) is 4.39 Å². The number of alkyl halides is 1. The molecular weight excluding hydrogens is 335 g/mol. The lowest BCUT2D eigenvalue weighted by Crippen LogP contribution is -2.36. The van der Waals surface area contributed by atoms with Crippen LogP contribution in [0.25, 0.3) is 16.6 Å². The number of aromatic amines is 1. The van der Waals surface area contributed by atoms with Crippen molar-refractivity contribution in [2.24, 2.45) is 5.92 Å². The molecule has 4 heterocycles. The molecule has 26 heavy (non-hydrogen) atoms. The van der Waals surface area contributed by atoms with Crippen molar-refractivity contribution in [3.63, 3.8) is 0 Å². The number of hydrogen-bond donors (Lipinski definition) is 1. The third-order valence-corrected chi connectivity index (χ3v) is 5.90. The molecule has 1 aliphatic carbocycles. The van der Waals surface area contributed by atoms with Gasteiger partial charge in [0.2, 0.25) is 5.91 Å². The second-order valence-corrected chi connectivity index (χ2v) is 7.47. The topological polar surface area (TPSA) is 79.2 Å². The first kappa shape index (κ1) is 15.7. The molecule has 5 rings (SSSR count). The zero-order valence-electron chi connectivity index (χ0n) is 14.4. The van der Waals surface area contributed by atoms with Gasteiger partial charge in [-0.1, -0.05) is 5.21 Å². The van der Waals surface area contributed by atoms with E-state index in [-0.39, 0.29) is 18.4 Å². The van der Waals surface area contributed by atoms with Crippen molar-refractivity contribution in [2.75, 3.05) is 13.1 Å². The first-order valence-corrected chi connectivity index (χ1v) is 9.30. The summed E-state index contributed by atoms with van der Waals surface area (Å²) in [6.45, 7) is 0.834. The zero-order chi connectivity index (χ0) is 17.7. The molecule has 136 valence electrons. The third-order valence-electron chi connectivity index (χ3n) is 5.90. The number of fused-ring (bicyclic) bond motifs is 3. The summed E-state index contributed by atoms with van der Waals surface area (Å²) in [4.78, 5) is 21.8. The molecule has 8 heteroatoms. The summed E-state index contributed by atoms with van der Waals surface area (Å²) < 4.78 is 15.1. The number of carbonyl (C=O) groups is 1. The van der Waals surface area contributed by atoms with Crippen LogP contribution in [0.2, 0.25) is 0 Å². The first-order valence-electron chi connectivity index (χ1n) is 9.30. The van der Waals surface area contributed by atoms with Gasteiger partial charge < -0.3 is 9.88 Å². The summed E-state index contributed by atoms with van der Waals surface area (Å²) in [6.07, 6.45) is 6.66. The van der Waals surface area contributed by atoms with Gasteiger partial charge in [-0.05, 0) is 38.2 Å². The standard InChI is InChI=1S/C18H21FN6O/c19-13-6-8-24(9-13)18(26)12-3-1-11(2-4-12)15-16-14-5-7-20-17(14)21-10-25(16)23-22-15/h5,7,10-13,20H,1-4,6,8-9H2/t11?,12?,13-/m0/s1. The number of rotatable bonds is 2. The number of nitrogens with zero attached hydrogens (tertiary/aromatic N) is 5. The van der Waals surface area contributed by atoms with E-state index >= 15 is 0 Å². The molecule has 1 aliphatic heterocycles. The smallest absolute Gasteiger partial charge is 0.225 e. The monoisotopic (exact) mass is 356 g/mol. The number of amides is 1. The van der Waals surface area contributed by atoms with Crippen LogP contribution < -0.4 is 0 Å². The second-order valence-electron chi connectivity index (χ2n) is 7.47. The number of hydrogen-bond acceptors (Lipinski definition) is 4. The molecule has 0 bridgehead atoms. The van der Waals surface area contributed by atoms with Crippen LogP contribution in [0.3, 0.4) is 0 Å². The Labute approximate surface area is 149 Å². The summed E-state index contributed by atoms with van der Waals surface area (Å²) in [5.41, 5.74) is 2.83. The van der Waals surface area contributed by atoms with E-state index < -0.39 is 6.17 Å². The molecule has 1 amide bonds. The van der Waals surface area contributed by atoms with Gasteiger partial charge in [0.15, 0.2) is 0 Å². The number of aromatic nitrogens is 5. The van der Waals surface area contributed by atoms with Crippen LogP contribution >= 0.6 is 0 Å². The average molecular weight is 356 g/mol.